The van der Waals surface area contributed by atoms with Gasteiger partial charge in [0, 0.05) is 24.2 Å². The number of para-hydroxylation sites is 1. The molecule has 2 nitrogen and oxygen atoms in total. The second-order valence-electron chi connectivity index (χ2n) is 5.65. The molecule has 0 aromatic heterocycles. The summed E-state index contributed by atoms with van der Waals surface area (Å²) in [6.07, 6.45) is 2.36. The molecule has 0 aliphatic carbocycles. The van der Waals surface area contributed by atoms with E-state index in [0.29, 0.717) is 12.0 Å². The Bertz CT molecular complexity index is 620. The van der Waals surface area contributed by atoms with Crippen LogP contribution in [0, 0.1) is 6.54 Å². The molecule has 0 amide bonds. The summed E-state index contributed by atoms with van der Waals surface area (Å²) in [5.74, 6) is 0.515. The quantitative estimate of drug-likeness (QED) is 0.824. The highest BCUT2D eigenvalue weighted by molar-refractivity contribution is 5.55. The van der Waals surface area contributed by atoms with E-state index in [1.807, 2.05) is 0 Å². The smallest absolute Gasteiger partial charge is 0.0936 e. The molecule has 2 heterocycles. The van der Waals surface area contributed by atoms with E-state index in [0.717, 1.165) is 6.54 Å². The molecular formula is C18H18N2. The minimum Gasteiger partial charge on any atom is -0.381 e. The molecular weight excluding hydrogens is 244 g/mol. The Hall–Kier alpha value is -1.80. The van der Waals surface area contributed by atoms with Gasteiger partial charge in [-0.05, 0) is 35.6 Å². The Morgan fingerprint density at radius 3 is 2.85 bits per heavy atom. The number of hydrogen-bond acceptors (Lipinski definition) is 2. The summed E-state index contributed by atoms with van der Waals surface area (Å²) in [5, 5.41) is 7.06. The van der Waals surface area contributed by atoms with E-state index in [2.05, 4.69) is 65.7 Å². The lowest BCUT2D eigenvalue weighted by Gasteiger charge is -2.36. The number of hydrogen-bond donors (Lipinski definition) is 2. The molecule has 2 aromatic carbocycles. The van der Waals surface area contributed by atoms with Crippen LogP contribution in [0.15, 0.2) is 48.5 Å². The van der Waals surface area contributed by atoms with Gasteiger partial charge in [-0.1, -0.05) is 42.5 Å². The van der Waals surface area contributed by atoms with Crippen molar-refractivity contribution in [3.8, 4) is 0 Å². The average molecular weight is 262 g/mol. The fourth-order valence-corrected chi connectivity index (χ4v) is 3.42. The van der Waals surface area contributed by atoms with Crippen LogP contribution in [0.3, 0.4) is 0 Å². The zero-order chi connectivity index (χ0) is 13.4. The Balaban J connectivity index is 1.64. The highest BCUT2D eigenvalue weighted by atomic mass is 15.0. The molecule has 2 aromatic rings. The summed E-state index contributed by atoms with van der Waals surface area (Å²) in [4.78, 5) is 0. The van der Waals surface area contributed by atoms with Gasteiger partial charge in [0.05, 0.1) is 6.54 Å². The van der Waals surface area contributed by atoms with Gasteiger partial charge in [-0.2, -0.15) is 0 Å². The first-order valence-corrected chi connectivity index (χ1v) is 7.34. The molecule has 2 heteroatoms. The SMILES string of the molecule is [C]1NCC(C2CCc3ccccc3N2)c2ccccc21. The third kappa shape index (κ3) is 2.01. The number of nitrogens with one attached hydrogen (secondary N) is 2. The molecule has 2 aliphatic rings. The topological polar surface area (TPSA) is 24.1 Å². The Morgan fingerprint density at radius 1 is 1.00 bits per heavy atom. The number of aryl methyl sites for hydroxylation is 1. The summed E-state index contributed by atoms with van der Waals surface area (Å²) in [5.41, 5.74) is 5.38. The lowest BCUT2D eigenvalue weighted by molar-refractivity contribution is 0.485. The van der Waals surface area contributed by atoms with Gasteiger partial charge in [0.25, 0.3) is 0 Å². The minimum atomic E-state index is 0.501. The van der Waals surface area contributed by atoms with Crippen molar-refractivity contribution in [2.24, 2.45) is 0 Å². The fraction of sp³-hybridized carbons (Fsp3) is 0.278. The van der Waals surface area contributed by atoms with Crippen molar-refractivity contribution in [1.82, 2.24) is 5.32 Å². The van der Waals surface area contributed by atoms with E-state index >= 15 is 0 Å². The molecule has 4 rings (SSSR count). The predicted octanol–water partition coefficient (Wildman–Crippen LogP) is 3.19. The minimum absolute atomic E-state index is 0.501. The van der Waals surface area contributed by atoms with E-state index in [9.17, 15) is 0 Å². The highest BCUT2D eigenvalue weighted by Crippen LogP contribution is 2.34. The summed E-state index contributed by atoms with van der Waals surface area (Å²) in [6.45, 7) is 4.24. The van der Waals surface area contributed by atoms with Crippen LogP contribution in [0.1, 0.15) is 29.0 Å². The van der Waals surface area contributed by atoms with Gasteiger partial charge in [-0.25, -0.2) is 0 Å². The molecule has 2 aliphatic heterocycles. The van der Waals surface area contributed by atoms with Crippen LogP contribution < -0.4 is 10.6 Å². The average Bonchev–Trinajstić information content (AvgIpc) is 2.54. The van der Waals surface area contributed by atoms with Gasteiger partial charge in [0.1, 0.15) is 0 Å². The Labute approximate surface area is 120 Å². The van der Waals surface area contributed by atoms with Crippen LogP contribution in [0.25, 0.3) is 0 Å². The van der Waals surface area contributed by atoms with E-state index < -0.39 is 0 Å². The van der Waals surface area contributed by atoms with E-state index in [-0.39, 0.29) is 0 Å². The number of anilines is 1. The zero-order valence-corrected chi connectivity index (χ0v) is 11.4. The van der Waals surface area contributed by atoms with Crippen molar-refractivity contribution in [1.29, 1.82) is 0 Å². The molecule has 0 saturated heterocycles. The number of fused-ring (bicyclic) bond motifs is 2. The van der Waals surface area contributed by atoms with Gasteiger partial charge in [-0.3, -0.25) is 0 Å². The van der Waals surface area contributed by atoms with Gasteiger partial charge in [0.2, 0.25) is 0 Å². The maximum Gasteiger partial charge on any atom is 0.0936 e. The third-order valence-corrected chi connectivity index (χ3v) is 4.47. The molecule has 0 bridgehead atoms. The second-order valence-corrected chi connectivity index (χ2v) is 5.65. The maximum atomic E-state index is 3.74. The monoisotopic (exact) mass is 262 g/mol. The van der Waals surface area contributed by atoms with Crippen molar-refractivity contribution < 1.29 is 0 Å². The molecule has 0 fully saturated rings. The normalized spacial score (nSPS) is 24.4. The van der Waals surface area contributed by atoms with Gasteiger partial charge >= 0.3 is 0 Å². The summed E-state index contributed by atoms with van der Waals surface area (Å²) in [7, 11) is 0. The molecule has 0 spiro atoms. The molecule has 2 radical (unpaired) electrons. The van der Waals surface area contributed by atoms with Crippen molar-refractivity contribution in [2.45, 2.75) is 24.8 Å². The van der Waals surface area contributed by atoms with E-state index in [4.69, 9.17) is 0 Å². The van der Waals surface area contributed by atoms with Crippen LogP contribution in [0.5, 0.6) is 0 Å². The Kier molecular flexibility index (Phi) is 2.96. The highest BCUT2D eigenvalue weighted by Gasteiger charge is 2.30. The van der Waals surface area contributed by atoms with Gasteiger partial charge < -0.3 is 10.6 Å². The lowest BCUT2D eigenvalue weighted by Crippen LogP contribution is -2.39. The molecule has 20 heavy (non-hydrogen) atoms. The van der Waals surface area contributed by atoms with E-state index in [1.54, 1.807) is 0 Å². The molecule has 2 atom stereocenters. The molecule has 0 saturated carbocycles. The van der Waals surface area contributed by atoms with Crippen LogP contribution in [-0.2, 0) is 6.42 Å². The first kappa shape index (κ1) is 12.0. The summed E-state index contributed by atoms with van der Waals surface area (Å²) >= 11 is 0. The van der Waals surface area contributed by atoms with Gasteiger partial charge in [-0.15, -0.1) is 0 Å². The number of benzene rings is 2. The standard InChI is InChI=1S/C18H18N2/c1-3-7-15-14(6-1)11-19-12-16(15)18-10-9-13-5-2-4-8-17(13)20-18/h1-8,16,18-20H,9-10,12H2. The predicted molar refractivity (Wildman–Crippen MR) is 81.7 cm³/mol. The van der Waals surface area contributed by atoms with Crippen LogP contribution >= 0.6 is 0 Å². The second kappa shape index (κ2) is 4.95. The van der Waals surface area contributed by atoms with Crippen molar-refractivity contribution in [3.63, 3.8) is 0 Å². The summed E-state index contributed by atoms with van der Waals surface area (Å²) in [6, 6.07) is 17.8. The van der Waals surface area contributed by atoms with Crippen LogP contribution in [0.4, 0.5) is 5.69 Å². The van der Waals surface area contributed by atoms with Crippen LogP contribution in [-0.4, -0.2) is 12.6 Å². The third-order valence-electron chi connectivity index (χ3n) is 4.47. The molecule has 2 unspecified atom stereocenters. The fourth-order valence-electron chi connectivity index (χ4n) is 3.42. The largest absolute Gasteiger partial charge is 0.381 e. The molecule has 100 valence electrons. The molecule has 2 N–H and O–H groups in total. The number of rotatable bonds is 1. The zero-order valence-electron chi connectivity index (χ0n) is 11.4. The lowest BCUT2D eigenvalue weighted by atomic mass is 9.81. The Morgan fingerprint density at radius 2 is 1.85 bits per heavy atom. The van der Waals surface area contributed by atoms with Crippen molar-refractivity contribution in [2.75, 3.05) is 11.9 Å². The van der Waals surface area contributed by atoms with Gasteiger partial charge in [0.15, 0.2) is 0 Å². The maximum absolute atomic E-state index is 3.74. The first-order chi connectivity index (χ1) is 9.92. The first-order valence-electron chi connectivity index (χ1n) is 7.34. The van der Waals surface area contributed by atoms with Crippen molar-refractivity contribution >= 4 is 5.69 Å². The summed E-state index contributed by atoms with van der Waals surface area (Å²) < 4.78 is 0. The van der Waals surface area contributed by atoms with E-state index in [1.165, 1.54) is 35.2 Å². The van der Waals surface area contributed by atoms with Crippen molar-refractivity contribution in [3.05, 3.63) is 71.8 Å². The van der Waals surface area contributed by atoms with Crippen LogP contribution in [0.2, 0.25) is 0 Å².